The lowest BCUT2D eigenvalue weighted by atomic mass is 10.2. The molecule has 2 heterocycles. The fraction of sp³-hybridized carbons (Fsp3) is 0.474. The highest BCUT2D eigenvalue weighted by molar-refractivity contribution is 9.10. The summed E-state index contributed by atoms with van der Waals surface area (Å²) in [6.45, 7) is 7.68. The molecule has 146 valence electrons. The lowest BCUT2D eigenvalue weighted by Crippen LogP contribution is -2.49. The van der Waals surface area contributed by atoms with Crippen LogP contribution >= 0.6 is 27.3 Å². The van der Waals surface area contributed by atoms with Crippen molar-refractivity contribution in [1.29, 1.82) is 0 Å². The van der Waals surface area contributed by atoms with Gasteiger partial charge in [0.05, 0.1) is 24.9 Å². The number of amides is 1. The van der Waals surface area contributed by atoms with E-state index in [4.69, 9.17) is 9.72 Å². The number of piperazine rings is 1. The Morgan fingerprint density at radius 3 is 2.74 bits per heavy atom. The van der Waals surface area contributed by atoms with Crippen molar-refractivity contribution >= 4 is 33.2 Å². The van der Waals surface area contributed by atoms with Crippen LogP contribution in [0.3, 0.4) is 0 Å². The van der Waals surface area contributed by atoms with Crippen LogP contribution in [0.25, 0.3) is 10.6 Å². The van der Waals surface area contributed by atoms with Crippen LogP contribution in [0.4, 0.5) is 0 Å². The van der Waals surface area contributed by atoms with E-state index in [9.17, 15) is 4.79 Å². The van der Waals surface area contributed by atoms with Gasteiger partial charge in [0.2, 0.25) is 5.91 Å². The van der Waals surface area contributed by atoms with Gasteiger partial charge < -0.3 is 10.1 Å². The molecule has 1 aromatic heterocycles. The van der Waals surface area contributed by atoms with Crippen molar-refractivity contribution in [1.82, 2.24) is 20.1 Å². The average molecular weight is 453 g/mol. The topological polar surface area (TPSA) is 57.7 Å². The molecule has 0 bridgehead atoms. The van der Waals surface area contributed by atoms with Crippen LogP contribution in [-0.4, -0.2) is 67.1 Å². The summed E-state index contributed by atoms with van der Waals surface area (Å²) in [5.74, 6) is 0.941. The molecule has 27 heavy (non-hydrogen) atoms. The predicted molar refractivity (Wildman–Crippen MR) is 112 cm³/mol. The molecule has 2 aromatic rings. The van der Waals surface area contributed by atoms with Crippen molar-refractivity contribution in [2.75, 3.05) is 46.4 Å². The summed E-state index contributed by atoms with van der Waals surface area (Å²) in [4.78, 5) is 21.1. The van der Waals surface area contributed by atoms with Crippen molar-refractivity contribution < 1.29 is 9.53 Å². The van der Waals surface area contributed by atoms with Crippen LogP contribution < -0.4 is 10.1 Å². The summed E-state index contributed by atoms with van der Waals surface area (Å²) in [6, 6.07) is 5.97. The Balaban J connectivity index is 1.56. The van der Waals surface area contributed by atoms with Crippen LogP contribution in [-0.2, 0) is 11.3 Å². The van der Waals surface area contributed by atoms with Crippen molar-refractivity contribution in [3.8, 4) is 16.3 Å². The minimum Gasteiger partial charge on any atom is -0.496 e. The van der Waals surface area contributed by atoms with Crippen molar-refractivity contribution in [2.24, 2.45) is 0 Å². The summed E-state index contributed by atoms with van der Waals surface area (Å²) in [5, 5.41) is 5.95. The van der Waals surface area contributed by atoms with E-state index in [1.165, 1.54) is 0 Å². The normalized spacial score (nSPS) is 15.7. The first-order valence-electron chi connectivity index (χ1n) is 9.08. The number of nitrogens with one attached hydrogen (secondary N) is 1. The van der Waals surface area contributed by atoms with Crippen molar-refractivity contribution in [3.63, 3.8) is 0 Å². The molecule has 0 aliphatic carbocycles. The maximum Gasteiger partial charge on any atom is 0.234 e. The van der Waals surface area contributed by atoms with Gasteiger partial charge in [-0.2, -0.15) is 0 Å². The molecule has 1 fully saturated rings. The minimum absolute atomic E-state index is 0.109. The molecule has 0 unspecified atom stereocenters. The van der Waals surface area contributed by atoms with E-state index in [1.54, 1.807) is 18.4 Å². The molecule has 1 aliphatic rings. The second kappa shape index (κ2) is 9.64. The van der Waals surface area contributed by atoms with Crippen LogP contribution in [0.15, 0.2) is 28.1 Å². The van der Waals surface area contributed by atoms with Crippen LogP contribution in [0.2, 0.25) is 0 Å². The number of aromatic nitrogens is 1. The second-order valence-electron chi connectivity index (χ2n) is 6.49. The third kappa shape index (κ3) is 5.51. The molecule has 6 nitrogen and oxygen atoms in total. The number of hydrogen-bond donors (Lipinski definition) is 1. The number of carbonyl (C=O) groups is 1. The maximum atomic E-state index is 11.7. The first-order chi connectivity index (χ1) is 13.1. The van der Waals surface area contributed by atoms with Gasteiger partial charge in [0.1, 0.15) is 10.8 Å². The summed E-state index contributed by atoms with van der Waals surface area (Å²) in [7, 11) is 1.68. The number of thiazole rings is 1. The Morgan fingerprint density at radius 2 is 2.04 bits per heavy atom. The Morgan fingerprint density at radius 1 is 1.30 bits per heavy atom. The molecule has 1 N–H and O–H groups in total. The lowest BCUT2D eigenvalue weighted by molar-refractivity contribution is -0.122. The van der Waals surface area contributed by atoms with E-state index in [2.05, 4.69) is 36.4 Å². The lowest BCUT2D eigenvalue weighted by Gasteiger charge is -2.33. The van der Waals surface area contributed by atoms with Gasteiger partial charge in [0.25, 0.3) is 0 Å². The summed E-state index contributed by atoms with van der Waals surface area (Å²) in [6.07, 6.45) is 0. The fourth-order valence-corrected chi connectivity index (χ4v) is 4.33. The molecule has 8 heteroatoms. The highest BCUT2D eigenvalue weighted by Gasteiger charge is 2.20. The Hall–Kier alpha value is -1.48. The van der Waals surface area contributed by atoms with E-state index < -0.39 is 0 Å². The molecule has 0 atom stereocenters. The summed E-state index contributed by atoms with van der Waals surface area (Å²) in [5.41, 5.74) is 2.09. The van der Waals surface area contributed by atoms with Gasteiger partial charge in [-0.05, 0) is 25.1 Å². The van der Waals surface area contributed by atoms with Crippen LogP contribution in [0.1, 0.15) is 12.6 Å². The average Bonchev–Trinajstić information content (AvgIpc) is 3.12. The van der Waals surface area contributed by atoms with E-state index in [-0.39, 0.29) is 5.91 Å². The zero-order valence-corrected chi connectivity index (χ0v) is 18.1. The summed E-state index contributed by atoms with van der Waals surface area (Å²) < 4.78 is 6.48. The first kappa shape index (κ1) is 20.3. The fourth-order valence-electron chi connectivity index (χ4n) is 3.14. The van der Waals surface area contributed by atoms with E-state index in [0.29, 0.717) is 13.1 Å². The molecule has 0 spiro atoms. The quantitative estimate of drug-likeness (QED) is 0.699. The molecule has 1 amide bonds. The number of halogens is 1. The Kier molecular flexibility index (Phi) is 7.23. The van der Waals surface area contributed by atoms with Crippen molar-refractivity contribution in [3.05, 3.63) is 33.7 Å². The van der Waals surface area contributed by atoms with Gasteiger partial charge in [0.15, 0.2) is 0 Å². The molecule has 1 saturated heterocycles. The van der Waals surface area contributed by atoms with Gasteiger partial charge in [-0.3, -0.25) is 14.6 Å². The largest absolute Gasteiger partial charge is 0.496 e. The van der Waals surface area contributed by atoms with Crippen molar-refractivity contribution in [2.45, 2.75) is 13.5 Å². The molecule has 3 rings (SSSR count). The maximum absolute atomic E-state index is 11.7. The van der Waals surface area contributed by atoms with E-state index in [0.717, 1.165) is 59.2 Å². The summed E-state index contributed by atoms with van der Waals surface area (Å²) >= 11 is 5.16. The number of likely N-dealkylation sites (N-methyl/N-ethyl adjacent to an activating group) is 1. The Labute approximate surface area is 172 Å². The monoisotopic (exact) mass is 452 g/mol. The number of ether oxygens (including phenoxy) is 1. The number of hydrogen-bond acceptors (Lipinski definition) is 6. The number of methoxy groups -OCH3 is 1. The highest BCUT2D eigenvalue weighted by atomic mass is 79.9. The molecular formula is C19H25BrN4O2S. The van der Waals surface area contributed by atoms with E-state index in [1.807, 2.05) is 25.1 Å². The van der Waals surface area contributed by atoms with Gasteiger partial charge >= 0.3 is 0 Å². The molecule has 0 saturated carbocycles. The van der Waals surface area contributed by atoms with Crippen LogP contribution in [0, 0.1) is 0 Å². The highest BCUT2D eigenvalue weighted by Crippen LogP contribution is 2.34. The molecule has 0 radical (unpaired) electrons. The Bertz CT molecular complexity index is 775. The molecule has 1 aliphatic heterocycles. The zero-order valence-electron chi connectivity index (χ0n) is 15.7. The van der Waals surface area contributed by atoms with Gasteiger partial charge in [-0.25, -0.2) is 4.98 Å². The molecular weight excluding hydrogens is 428 g/mol. The number of benzene rings is 1. The minimum atomic E-state index is 0.109. The van der Waals surface area contributed by atoms with Crippen LogP contribution in [0.5, 0.6) is 5.75 Å². The van der Waals surface area contributed by atoms with E-state index >= 15 is 0 Å². The predicted octanol–water partition coefficient (Wildman–Crippen LogP) is 2.83. The standard InChI is InChI=1S/C19H25BrN4O2S/c1-3-21-18(25)12-24-8-6-23(7-9-24)11-15-13-27-19(22-15)16-10-14(20)4-5-17(16)26-2/h4-5,10,13H,3,6-9,11-12H2,1-2H3,(H,21,25). The van der Waals surface area contributed by atoms with Gasteiger partial charge in [-0.1, -0.05) is 15.9 Å². The third-order valence-corrected chi connectivity index (χ3v) is 5.95. The zero-order chi connectivity index (χ0) is 19.2. The van der Waals surface area contributed by atoms with Gasteiger partial charge in [0, 0.05) is 49.1 Å². The van der Waals surface area contributed by atoms with Gasteiger partial charge in [-0.15, -0.1) is 11.3 Å². The number of rotatable bonds is 7. The SMILES string of the molecule is CCNC(=O)CN1CCN(Cc2csc(-c3cc(Br)ccc3OC)n2)CC1. The second-order valence-corrected chi connectivity index (χ2v) is 8.27. The smallest absolute Gasteiger partial charge is 0.234 e. The number of nitrogens with zero attached hydrogens (tertiary/aromatic N) is 3. The molecule has 1 aromatic carbocycles. The third-order valence-electron chi connectivity index (χ3n) is 4.54. The number of carbonyl (C=O) groups excluding carboxylic acids is 1. The first-order valence-corrected chi connectivity index (χ1v) is 10.8.